The fraction of sp³-hybridized carbons (Fsp3) is 1.00. The molecule has 0 aromatic rings. The zero-order valence-corrected chi connectivity index (χ0v) is 11.9. The van der Waals surface area contributed by atoms with Crippen LogP contribution >= 0.6 is 0 Å². The Morgan fingerprint density at radius 1 is 1.44 bits per heavy atom. The molecule has 0 aromatic carbocycles. The van der Waals surface area contributed by atoms with Crippen LogP contribution in [0.25, 0.3) is 0 Å². The lowest BCUT2D eigenvalue weighted by atomic mass is 10.0. The van der Waals surface area contributed by atoms with Crippen molar-refractivity contribution in [3.05, 3.63) is 0 Å². The van der Waals surface area contributed by atoms with E-state index in [1.54, 1.807) is 7.11 Å². The second kappa shape index (κ2) is 7.43. The summed E-state index contributed by atoms with van der Waals surface area (Å²) in [7, 11) is 3.83. The summed E-state index contributed by atoms with van der Waals surface area (Å²) in [5.74, 6) is 0. The maximum Gasteiger partial charge on any atom is 0.0855 e. The number of nitrogens with zero attached hydrogens (tertiary/aromatic N) is 1. The first-order valence-corrected chi connectivity index (χ1v) is 7.37. The molecule has 2 rings (SSSR count). The molecule has 2 fully saturated rings. The van der Waals surface area contributed by atoms with Crippen LogP contribution in [0, 0.1) is 0 Å². The molecule has 2 aliphatic rings. The molecule has 0 spiro atoms. The number of rotatable bonds is 7. The molecule has 1 N–H and O–H groups in total. The van der Waals surface area contributed by atoms with Crippen LogP contribution in [0.2, 0.25) is 0 Å². The van der Waals surface area contributed by atoms with Gasteiger partial charge < -0.3 is 14.8 Å². The van der Waals surface area contributed by atoms with Gasteiger partial charge in [-0.2, -0.15) is 0 Å². The third-order valence-corrected chi connectivity index (χ3v) is 4.35. The average molecular weight is 256 g/mol. The summed E-state index contributed by atoms with van der Waals surface area (Å²) in [4.78, 5) is 2.62. The number of hydrogen-bond donors (Lipinski definition) is 1. The van der Waals surface area contributed by atoms with E-state index in [4.69, 9.17) is 9.47 Å². The molecule has 0 saturated carbocycles. The van der Waals surface area contributed by atoms with Gasteiger partial charge in [0.1, 0.15) is 0 Å². The first-order chi connectivity index (χ1) is 8.85. The molecular weight excluding hydrogens is 228 g/mol. The average Bonchev–Trinajstić information content (AvgIpc) is 2.86. The van der Waals surface area contributed by atoms with E-state index in [0.29, 0.717) is 18.2 Å². The summed E-state index contributed by atoms with van der Waals surface area (Å²) in [5, 5.41) is 3.44. The Bertz CT molecular complexity index is 238. The second-order valence-electron chi connectivity index (χ2n) is 5.55. The van der Waals surface area contributed by atoms with Crippen LogP contribution in [-0.4, -0.2) is 63.5 Å². The number of likely N-dealkylation sites (N-methyl/N-ethyl adjacent to an activating group) is 1. The molecule has 0 bridgehead atoms. The molecule has 4 heteroatoms. The van der Waals surface area contributed by atoms with Crippen LogP contribution in [0.3, 0.4) is 0 Å². The van der Waals surface area contributed by atoms with Gasteiger partial charge in [-0.3, -0.25) is 4.90 Å². The van der Waals surface area contributed by atoms with Gasteiger partial charge in [0.15, 0.2) is 0 Å². The molecule has 0 aliphatic carbocycles. The predicted octanol–water partition coefficient (Wildman–Crippen LogP) is 1.25. The van der Waals surface area contributed by atoms with E-state index in [1.807, 2.05) is 0 Å². The van der Waals surface area contributed by atoms with Crippen molar-refractivity contribution in [2.75, 3.05) is 40.5 Å². The van der Waals surface area contributed by atoms with Gasteiger partial charge >= 0.3 is 0 Å². The van der Waals surface area contributed by atoms with Gasteiger partial charge in [-0.15, -0.1) is 0 Å². The van der Waals surface area contributed by atoms with Crippen molar-refractivity contribution in [3.8, 4) is 0 Å². The summed E-state index contributed by atoms with van der Waals surface area (Å²) in [6, 6.07) is 1.19. The van der Waals surface area contributed by atoms with E-state index in [1.165, 1.54) is 32.2 Å². The van der Waals surface area contributed by atoms with Crippen LogP contribution in [0.5, 0.6) is 0 Å². The van der Waals surface area contributed by atoms with Crippen molar-refractivity contribution in [1.82, 2.24) is 10.2 Å². The summed E-state index contributed by atoms with van der Waals surface area (Å²) >= 11 is 0. The summed E-state index contributed by atoms with van der Waals surface area (Å²) in [5.41, 5.74) is 0. The molecule has 106 valence electrons. The predicted molar refractivity (Wildman–Crippen MR) is 72.9 cm³/mol. The zero-order chi connectivity index (χ0) is 12.8. The monoisotopic (exact) mass is 256 g/mol. The van der Waals surface area contributed by atoms with Crippen LogP contribution in [0.15, 0.2) is 0 Å². The smallest absolute Gasteiger partial charge is 0.0855 e. The molecule has 0 radical (unpaired) electrons. The lowest BCUT2D eigenvalue weighted by molar-refractivity contribution is -0.0649. The number of ether oxygens (including phenoxy) is 2. The Hall–Kier alpha value is -0.160. The van der Waals surface area contributed by atoms with Gasteiger partial charge in [0.2, 0.25) is 0 Å². The topological polar surface area (TPSA) is 33.7 Å². The Morgan fingerprint density at radius 2 is 2.33 bits per heavy atom. The van der Waals surface area contributed by atoms with Crippen molar-refractivity contribution in [2.45, 2.75) is 50.3 Å². The van der Waals surface area contributed by atoms with Crippen LogP contribution in [-0.2, 0) is 9.47 Å². The van der Waals surface area contributed by atoms with Gasteiger partial charge in [-0.25, -0.2) is 0 Å². The fourth-order valence-corrected chi connectivity index (χ4v) is 3.21. The molecule has 3 unspecified atom stereocenters. The molecule has 2 aliphatic heterocycles. The Kier molecular flexibility index (Phi) is 5.89. The third-order valence-electron chi connectivity index (χ3n) is 4.35. The highest BCUT2D eigenvalue weighted by Crippen LogP contribution is 2.24. The normalized spacial score (nSPS) is 30.3. The highest BCUT2D eigenvalue weighted by Gasteiger charge is 2.34. The first kappa shape index (κ1) is 14.3. The minimum Gasteiger partial charge on any atom is -0.385 e. The summed E-state index contributed by atoms with van der Waals surface area (Å²) in [6.07, 6.45) is 6.58. The molecule has 0 aromatic heterocycles. The van der Waals surface area contributed by atoms with Gasteiger partial charge in [0.25, 0.3) is 0 Å². The lowest BCUT2D eigenvalue weighted by Gasteiger charge is -2.38. The number of nitrogens with one attached hydrogen (secondary N) is 1. The fourth-order valence-electron chi connectivity index (χ4n) is 3.21. The quantitative estimate of drug-likeness (QED) is 0.695. The standard InChI is InChI=1S/C14H28N2O2/c1-15-13(7-3-4-9-17-2)14-10-16-8-5-6-12(16)11-18-14/h12-15H,3-11H2,1-2H3. The van der Waals surface area contributed by atoms with Crippen LogP contribution in [0.4, 0.5) is 0 Å². The third kappa shape index (κ3) is 3.67. The molecule has 2 saturated heterocycles. The first-order valence-electron chi connectivity index (χ1n) is 7.37. The van der Waals surface area contributed by atoms with E-state index < -0.39 is 0 Å². The van der Waals surface area contributed by atoms with Crippen molar-refractivity contribution < 1.29 is 9.47 Å². The molecule has 4 nitrogen and oxygen atoms in total. The lowest BCUT2D eigenvalue weighted by Crippen LogP contribution is -2.53. The van der Waals surface area contributed by atoms with Crippen molar-refractivity contribution in [3.63, 3.8) is 0 Å². The van der Waals surface area contributed by atoms with E-state index in [0.717, 1.165) is 26.2 Å². The molecule has 2 heterocycles. The number of methoxy groups -OCH3 is 1. The maximum absolute atomic E-state index is 6.07. The SMILES string of the molecule is CNC(CCCCOC)C1CN2CCCC2CO1. The summed E-state index contributed by atoms with van der Waals surface area (Å²) < 4.78 is 11.2. The van der Waals surface area contributed by atoms with Crippen molar-refractivity contribution in [2.24, 2.45) is 0 Å². The number of hydrogen-bond acceptors (Lipinski definition) is 4. The van der Waals surface area contributed by atoms with Gasteiger partial charge in [0, 0.05) is 32.3 Å². The van der Waals surface area contributed by atoms with Crippen LogP contribution in [0.1, 0.15) is 32.1 Å². The number of fused-ring (bicyclic) bond motifs is 1. The Labute approximate surface area is 111 Å². The van der Waals surface area contributed by atoms with E-state index in [9.17, 15) is 0 Å². The zero-order valence-electron chi connectivity index (χ0n) is 11.9. The van der Waals surface area contributed by atoms with Gasteiger partial charge in [-0.05, 0) is 45.7 Å². The van der Waals surface area contributed by atoms with Crippen molar-refractivity contribution >= 4 is 0 Å². The van der Waals surface area contributed by atoms with E-state index in [2.05, 4.69) is 17.3 Å². The largest absolute Gasteiger partial charge is 0.385 e. The van der Waals surface area contributed by atoms with Gasteiger partial charge in [-0.1, -0.05) is 0 Å². The number of unbranched alkanes of at least 4 members (excludes halogenated alkanes) is 1. The highest BCUT2D eigenvalue weighted by atomic mass is 16.5. The summed E-state index contributed by atoms with van der Waals surface area (Å²) in [6.45, 7) is 4.18. The minimum atomic E-state index is 0.367. The van der Waals surface area contributed by atoms with Crippen molar-refractivity contribution in [1.29, 1.82) is 0 Å². The van der Waals surface area contributed by atoms with E-state index in [-0.39, 0.29) is 0 Å². The molecule has 3 atom stereocenters. The second-order valence-corrected chi connectivity index (χ2v) is 5.55. The maximum atomic E-state index is 6.07. The molecule has 18 heavy (non-hydrogen) atoms. The minimum absolute atomic E-state index is 0.367. The molecular formula is C14H28N2O2. The number of morpholine rings is 1. The Balaban J connectivity index is 1.73. The van der Waals surface area contributed by atoms with Gasteiger partial charge in [0.05, 0.1) is 12.7 Å². The molecule has 0 amide bonds. The Morgan fingerprint density at radius 3 is 3.11 bits per heavy atom. The highest BCUT2D eigenvalue weighted by molar-refractivity contribution is 4.89. The van der Waals surface area contributed by atoms with E-state index >= 15 is 0 Å². The van der Waals surface area contributed by atoms with Crippen LogP contribution < -0.4 is 5.32 Å².